The molecule has 0 saturated carbocycles. The lowest BCUT2D eigenvalue weighted by Crippen LogP contribution is -2.29. The highest BCUT2D eigenvalue weighted by Gasteiger charge is 2.19. The lowest BCUT2D eigenvalue weighted by atomic mass is 9.97. The van der Waals surface area contributed by atoms with Crippen molar-refractivity contribution in [1.82, 2.24) is 5.32 Å². The molecule has 0 aliphatic carbocycles. The Hall–Kier alpha value is -1.85. The fraction of sp³-hybridized carbons (Fsp3) is 0.308. The Labute approximate surface area is 103 Å². The highest BCUT2D eigenvalue weighted by Crippen LogP contribution is 2.30. The second kappa shape index (κ2) is 4.12. The summed E-state index contributed by atoms with van der Waals surface area (Å²) in [7, 11) is 0. The van der Waals surface area contributed by atoms with Gasteiger partial charge in [-0.25, -0.2) is 4.79 Å². The third kappa shape index (κ3) is 1.52. The standard InChI is InChI=1S/C13H14N2O3/c14-5-9-11(16)2-1-8-7-3-4-15-6-10(7)13(17)18-12(8)9/h1-2,15-16H,3-6,14H2. The molecule has 0 amide bonds. The Morgan fingerprint density at radius 2 is 2.22 bits per heavy atom. The van der Waals surface area contributed by atoms with Crippen LogP contribution in [0.15, 0.2) is 21.3 Å². The molecule has 1 aromatic carbocycles. The van der Waals surface area contributed by atoms with Crippen molar-refractivity contribution < 1.29 is 9.52 Å². The number of aromatic hydroxyl groups is 1. The van der Waals surface area contributed by atoms with E-state index in [0.717, 1.165) is 23.9 Å². The zero-order valence-electron chi connectivity index (χ0n) is 9.82. The number of nitrogens with one attached hydrogen (secondary N) is 1. The van der Waals surface area contributed by atoms with E-state index in [0.29, 0.717) is 23.3 Å². The molecule has 3 rings (SSSR count). The minimum atomic E-state index is -0.343. The van der Waals surface area contributed by atoms with Crippen LogP contribution in [-0.4, -0.2) is 11.7 Å². The second-order valence-corrected chi connectivity index (χ2v) is 4.42. The van der Waals surface area contributed by atoms with Gasteiger partial charge in [0.2, 0.25) is 0 Å². The SMILES string of the molecule is NCc1c(O)ccc2c3c(c(=O)oc12)CNCC3. The monoisotopic (exact) mass is 246 g/mol. The molecule has 0 spiro atoms. The van der Waals surface area contributed by atoms with Gasteiger partial charge in [-0.2, -0.15) is 0 Å². The van der Waals surface area contributed by atoms with Crippen molar-refractivity contribution in [1.29, 1.82) is 0 Å². The van der Waals surface area contributed by atoms with Crippen LogP contribution < -0.4 is 16.7 Å². The summed E-state index contributed by atoms with van der Waals surface area (Å²) >= 11 is 0. The van der Waals surface area contributed by atoms with Crippen LogP contribution in [0.1, 0.15) is 16.7 Å². The van der Waals surface area contributed by atoms with Gasteiger partial charge in [-0.05, 0) is 30.7 Å². The number of hydrogen-bond donors (Lipinski definition) is 3. The number of phenolic OH excluding ortho intramolecular Hbond substituents is 1. The van der Waals surface area contributed by atoms with Crippen molar-refractivity contribution in [3.63, 3.8) is 0 Å². The molecule has 18 heavy (non-hydrogen) atoms. The fourth-order valence-corrected chi connectivity index (χ4v) is 2.50. The zero-order chi connectivity index (χ0) is 12.7. The molecule has 1 aliphatic heterocycles. The maximum Gasteiger partial charge on any atom is 0.341 e. The number of benzene rings is 1. The summed E-state index contributed by atoms with van der Waals surface area (Å²) in [6.45, 7) is 1.51. The number of rotatable bonds is 1. The molecule has 0 radical (unpaired) electrons. The Balaban J connectivity index is 2.44. The highest BCUT2D eigenvalue weighted by atomic mass is 16.4. The Morgan fingerprint density at radius 3 is 3.00 bits per heavy atom. The molecule has 0 bridgehead atoms. The van der Waals surface area contributed by atoms with Crippen molar-refractivity contribution in [2.75, 3.05) is 6.54 Å². The Kier molecular flexibility index (Phi) is 2.57. The minimum absolute atomic E-state index is 0.0713. The van der Waals surface area contributed by atoms with E-state index in [-0.39, 0.29) is 17.9 Å². The average molecular weight is 246 g/mol. The first kappa shape index (κ1) is 11.3. The molecule has 5 heteroatoms. The Morgan fingerprint density at radius 1 is 1.39 bits per heavy atom. The van der Waals surface area contributed by atoms with Crippen LogP contribution in [0, 0.1) is 0 Å². The Bertz CT molecular complexity index is 676. The zero-order valence-corrected chi connectivity index (χ0v) is 9.82. The van der Waals surface area contributed by atoms with E-state index in [1.54, 1.807) is 12.1 Å². The molecule has 0 fully saturated rings. The van der Waals surface area contributed by atoms with E-state index in [4.69, 9.17) is 10.2 Å². The third-order valence-corrected chi connectivity index (χ3v) is 3.42. The first-order valence-electron chi connectivity index (χ1n) is 5.92. The molecule has 2 aromatic rings. The number of nitrogens with two attached hydrogens (primary N) is 1. The van der Waals surface area contributed by atoms with Crippen LogP contribution >= 0.6 is 0 Å². The van der Waals surface area contributed by atoms with Crippen LogP contribution in [0.25, 0.3) is 11.0 Å². The largest absolute Gasteiger partial charge is 0.507 e. The van der Waals surface area contributed by atoms with Crippen molar-refractivity contribution >= 4 is 11.0 Å². The molecule has 0 saturated heterocycles. The maximum atomic E-state index is 11.9. The van der Waals surface area contributed by atoms with Gasteiger partial charge in [0.25, 0.3) is 0 Å². The molecule has 94 valence electrons. The highest BCUT2D eigenvalue weighted by molar-refractivity contribution is 5.86. The van der Waals surface area contributed by atoms with E-state index in [1.165, 1.54) is 0 Å². The van der Waals surface area contributed by atoms with E-state index >= 15 is 0 Å². The lowest BCUT2D eigenvalue weighted by molar-refractivity contribution is 0.463. The van der Waals surface area contributed by atoms with Gasteiger partial charge in [-0.15, -0.1) is 0 Å². The quantitative estimate of drug-likeness (QED) is 0.641. The predicted molar refractivity (Wildman–Crippen MR) is 67.5 cm³/mol. The van der Waals surface area contributed by atoms with Gasteiger partial charge in [0, 0.05) is 18.5 Å². The van der Waals surface area contributed by atoms with Crippen LogP contribution in [-0.2, 0) is 19.5 Å². The molecule has 1 aliphatic rings. The van der Waals surface area contributed by atoms with E-state index in [9.17, 15) is 9.90 Å². The van der Waals surface area contributed by atoms with E-state index < -0.39 is 0 Å². The van der Waals surface area contributed by atoms with Crippen LogP contribution in [0.5, 0.6) is 5.75 Å². The smallest absolute Gasteiger partial charge is 0.341 e. The molecule has 0 atom stereocenters. The third-order valence-electron chi connectivity index (χ3n) is 3.42. The summed E-state index contributed by atoms with van der Waals surface area (Å²) in [4.78, 5) is 11.9. The van der Waals surface area contributed by atoms with Gasteiger partial charge in [0.15, 0.2) is 0 Å². The van der Waals surface area contributed by atoms with Crippen LogP contribution in [0.3, 0.4) is 0 Å². The molecule has 5 nitrogen and oxygen atoms in total. The van der Waals surface area contributed by atoms with Gasteiger partial charge < -0.3 is 20.6 Å². The minimum Gasteiger partial charge on any atom is -0.507 e. The van der Waals surface area contributed by atoms with Crippen molar-refractivity contribution in [3.05, 3.63) is 39.2 Å². The van der Waals surface area contributed by atoms with Crippen LogP contribution in [0.2, 0.25) is 0 Å². The summed E-state index contributed by atoms with van der Waals surface area (Å²) in [5.41, 5.74) is 7.87. The summed E-state index contributed by atoms with van der Waals surface area (Å²) in [5, 5.41) is 13.8. The number of fused-ring (bicyclic) bond motifs is 3. The number of phenols is 1. The summed E-state index contributed by atoms with van der Waals surface area (Å²) < 4.78 is 5.33. The van der Waals surface area contributed by atoms with Gasteiger partial charge >= 0.3 is 5.63 Å². The maximum absolute atomic E-state index is 11.9. The summed E-state index contributed by atoms with van der Waals surface area (Å²) in [6.07, 6.45) is 0.784. The first-order valence-corrected chi connectivity index (χ1v) is 5.92. The van der Waals surface area contributed by atoms with Gasteiger partial charge in [-0.3, -0.25) is 0 Å². The second-order valence-electron chi connectivity index (χ2n) is 4.42. The van der Waals surface area contributed by atoms with Crippen molar-refractivity contribution in [2.24, 2.45) is 5.73 Å². The van der Waals surface area contributed by atoms with E-state index in [2.05, 4.69) is 5.32 Å². The molecule has 2 heterocycles. The fourth-order valence-electron chi connectivity index (χ4n) is 2.50. The van der Waals surface area contributed by atoms with Gasteiger partial charge in [0.1, 0.15) is 11.3 Å². The van der Waals surface area contributed by atoms with Gasteiger partial charge in [-0.1, -0.05) is 0 Å². The van der Waals surface area contributed by atoms with Crippen molar-refractivity contribution in [3.8, 4) is 5.75 Å². The van der Waals surface area contributed by atoms with E-state index in [1.807, 2.05) is 0 Å². The van der Waals surface area contributed by atoms with Gasteiger partial charge in [0.05, 0.1) is 11.1 Å². The normalized spacial score (nSPS) is 14.7. The summed E-state index contributed by atoms with van der Waals surface area (Å²) in [5.74, 6) is 0.0713. The molecular formula is C13H14N2O3. The topological polar surface area (TPSA) is 88.5 Å². The predicted octanol–water partition coefficient (Wildman–Crippen LogP) is 0.603. The molecular weight excluding hydrogens is 232 g/mol. The molecule has 4 N–H and O–H groups in total. The lowest BCUT2D eigenvalue weighted by Gasteiger charge is -2.18. The van der Waals surface area contributed by atoms with Crippen LogP contribution in [0.4, 0.5) is 0 Å². The first-order chi connectivity index (χ1) is 8.72. The molecule has 1 aromatic heterocycles. The average Bonchev–Trinajstić information content (AvgIpc) is 2.39. The molecule has 0 unspecified atom stereocenters. The summed E-state index contributed by atoms with van der Waals surface area (Å²) in [6, 6.07) is 3.39. The van der Waals surface area contributed by atoms with Crippen molar-refractivity contribution in [2.45, 2.75) is 19.5 Å². The number of hydrogen-bond acceptors (Lipinski definition) is 5.